The van der Waals surface area contributed by atoms with E-state index in [2.05, 4.69) is 5.32 Å². The highest BCUT2D eigenvalue weighted by Gasteiger charge is 2.43. The number of ether oxygens (including phenoxy) is 2. The van der Waals surface area contributed by atoms with E-state index in [1.165, 1.54) is 26.4 Å². The largest absolute Gasteiger partial charge is 0.493 e. The zero-order valence-electron chi connectivity index (χ0n) is 19.6. The van der Waals surface area contributed by atoms with Gasteiger partial charge in [0.25, 0.3) is 5.91 Å². The number of likely N-dealkylation sites (N-methyl/N-ethyl adjacent to an activating group) is 1. The van der Waals surface area contributed by atoms with Crippen LogP contribution in [0, 0.1) is 5.82 Å². The van der Waals surface area contributed by atoms with E-state index in [9.17, 15) is 14.0 Å². The minimum Gasteiger partial charge on any atom is -0.493 e. The summed E-state index contributed by atoms with van der Waals surface area (Å²) in [6.07, 6.45) is 1.98. The Morgan fingerprint density at radius 1 is 1.06 bits per heavy atom. The summed E-state index contributed by atoms with van der Waals surface area (Å²) >= 11 is 7.78. The van der Waals surface area contributed by atoms with E-state index in [0.29, 0.717) is 22.6 Å². The van der Waals surface area contributed by atoms with Crippen LogP contribution in [-0.2, 0) is 4.79 Å². The van der Waals surface area contributed by atoms with Crippen molar-refractivity contribution in [3.8, 4) is 11.5 Å². The van der Waals surface area contributed by atoms with Crippen LogP contribution in [0.4, 0.5) is 10.1 Å². The van der Waals surface area contributed by atoms with Crippen LogP contribution in [0.15, 0.2) is 59.5 Å². The van der Waals surface area contributed by atoms with Crippen LogP contribution in [-0.4, -0.2) is 44.2 Å². The summed E-state index contributed by atoms with van der Waals surface area (Å²) in [5.41, 5.74) is 1.91. The van der Waals surface area contributed by atoms with Gasteiger partial charge in [0, 0.05) is 17.5 Å². The van der Waals surface area contributed by atoms with Crippen molar-refractivity contribution in [1.82, 2.24) is 4.90 Å². The Hall–Kier alpha value is -3.23. The third kappa shape index (κ3) is 4.68. The number of fused-ring (bicyclic) bond motifs is 1. The van der Waals surface area contributed by atoms with Gasteiger partial charge in [-0.15, -0.1) is 11.8 Å². The fourth-order valence-corrected chi connectivity index (χ4v) is 4.97. The van der Waals surface area contributed by atoms with Crippen molar-refractivity contribution in [3.63, 3.8) is 0 Å². The minimum atomic E-state index is -0.811. The third-order valence-electron chi connectivity index (χ3n) is 6.10. The molecule has 1 N–H and O–H groups in total. The van der Waals surface area contributed by atoms with Crippen LogP contribution in [0.3, 0.4) is 0 Å². The van der Waals surface area contributed by atoms with Crippen molar-refractivity contribution < 1.29 is 23.5 Å². The van der Waals surface area contributed by atoms with E-state index in [1.807, 2.05) is 30.5 Å². The van der Waals surface area contributed by atoms with E-state index in [1.54, 1.807) is 35.8 Å². The predicted molar refractivity (Wildman–Crippen MR) is 135 cm³/mol. The fraction of sp³-hybridized carbons (Fsp3) is 0.231. The summed E-state index contributed by atoms with van der Waals surface area (Å²) in [6.45, 7) is 0. The number of nitrogens with zero attached hydrogens (tertiary/aromatic N) is 1. The van der Waals surface area contributed by atoms with Gasteiger partial charge in [-0.25, -0.2) is 4.39 Å². The molecule has 4 rings (SSSR count). The molecule has 35 heavy (non-hydrogen) atoms. The summed E-state index contributed by atoms with van der Waals surface area (Å²) in [5.74, 6) is -1.18. The number of carbonyl (C=O) groups is 2. The van der Waals surface area contributed by atoms with E-state index in [4.69, 9.17) is 21.1 Å². The second kappa shape index (κ2) is 10.2. The summed E-state index contributed by atoms with van der Waals surface area (Å²) in [6, 6.07) is 14.1. The Morgan fingerprint density at radius 2 is 1.71 bits per heavy atom. The van der Waals surface area contributed by atoms with Gasteiger partial charge in [-0.05, 0) is 59.8 Å². The highest BCUT2D eigenvalue weighted by atomic mass is 35.5. The molecule has 1 heterocycles. The smallest absolute Gasteiger partial charge is 0.254 e. The Balaban J connectivity index is 1.87. The van der Waals surface area contributed by atoms with Gasteiger partial charge in [0.15, 0.2) is 11.5 Å². The zero-order valence-corrected chi connectivity index (χ0v) is 21.2. The maximum Gasteiger partial charge on any atom is 0.254 e. The number of halogens is 2. The minimum absolute atomic E-state index is 0.0759. The first kappa shape index (κ1) is 24.9. The number of nitrogens with one attached hydrogen (secondary N) is 1. The van der Waals surface area contributed by atoms with Crippen molar-refractivity contribution in [3.05, 3.63) is 82.1 Å². The van der Waals surface area contributed by atoms with E-state index in [-0.39, 0.29) is 16.6 Å². The molecule has 0 fully saturated rings. The Kier molecular flexibility index (Phi) is 7.23. The van der Waals surface area contributed by atoms with Crippen molar-refractivity contribution >= 4 is 40.9 Å². The quantitative estimate of drug-likeness (QED) is 0.423. The van der Waals surface area contributed by atoms with Gasteiger partial charge in [-0.1, -0.05) is 23.7 Å². The number of hydrogen-bond acceptors (Lipinski definition) is 5. The molecule has 0 radical (unpaired) electrons. The molecule has 2 amide bonds. The molecule has 9 heteroatoms. The number of anilines is 1. The fourth-order valence-electron chi connectivity index (χ4n) is 4.35. The molecule has 0 saturated heterocycles. The number of thioether (sulfide) groups is 1. The molecule has 0 spiro atoms. The van der Waals surface area contributed by atoms with Crippen molar-refractivity contribution in [1.29, 1.82) is 0 Å². The molecule has 1 aliphatic heterocycles. The van der Waals surface area contributed by atoms with Gasteiger partial charge >= 0.3 is 0 Å². The highest BCUT2D eigenvalue weighted by molar-refractivity contribution is 7.98. The zero-order chi connectivity index (χ0) is 25.3. The van der Waals surface area contributed by atoms with Gasteiger partial charge in [-0.3, -0.25) is 9.59 Å². The monoisotopic (exact) mass is 514 g/mol. The standard InChI is InChI=1S/C26H24ClFN2O4S/c1-30-24(14-5-8-16(35-4)9-6-14)23(25(31)29-20-10-7-15(28)11-19(20)27)17-12-21(33-2)22(34-3)13-18(17)26(30)32/h5-13,23-24H,1-4H3,(H,29,31)/t23-,24+/m0/s1. The van der Waals surface area contributed by atoms with Crippen LogP contribution in [0.5, 0.6) is 11.5 Å². The van der Waals surface area contributed by atoms with Crippen LogP contribution < -0.4 is 14.8 Å². The summed E-state index contributed by atoms with van der Waals surface area (Å²) in [7, 11) is 4.64. The first-order valence-corrected chi connectivity index (χ1v) is 12.3. The first-order valence-electron chi connectivity index (χ1n) is 10.7. The first-order chi connectivity index (χ1) is 16.8. The molecular weight excluding hydrogens is 491 g/mol. The molecule has 182 valence electrons. The number of carbonyl (C=O) groups excluding carboxylic acids is 2. The van der Waals surface area contributed by atoms with Crippen LogP contribution in [0.1, 0.15) is 33.4 Å². The molecule has 0 unspecified atom stereocenters. The van der Waals surface area contributed by atoms with Crippen LogP contribution >= 0.6 is 23.4 Å². The maximum absolute atomic E-state index is 13.8. The normalized spacial score (nSPS) is 17.1. The SMILES string of the molecule is COc1cc2c(cc1OC)[C@H](C(=O)Nc1ccc(F)cc1Cl)[C@@H](c1ccc(SC)cc1)N(C)C2=O. The molecule has 3 aromatic rings. The molecular formula is C26H24ClFN2O4S. The van der Waals surface area contributed by atoms with Gasteiger partial charge in [0.2, 0.25) is 5.91 Å². The number of hydrogen-bond donors (Lipinski definition) is 1. The molecule has 0 aliphatic carbocycles. The molecule has 6 nitrogen and oxygen atoms in total. The van der Waals surface area contributed by atoms with E-state index in [0.717, 1.165) is 16.5 Å². The van der Waals surface area contributed by atoms with Gasteiger partial charge in [0.05, 0.1) is 36.9 Å². The third-order valence-corrected chi connectivity index (χ3v) is 7.16. The average molecular weight is 515 g/mol. The second-order valence-electron chi connectivity index (χ2n) is 8.02. The lowest BCUT2D eigenvalue weighted by molar-refractivity contribution is -0.119. The molecule has 3 aromatic carbocycles. The van der Waals surface area contributed by atoms with Gasteiger partial charge in [0.1, 0.15) is 5.82 Å². The Labute approximate surface area is 212 Å². The number of benzene rings is 3. The number of rotatable bonds is 6. The number of methoxy groups -OCH3 is 2. The molecule has 2 atom stereocenters. The molecule has 0 bridgehead atoms. The topological polar surface area (TPSA) is 67.9 Å². The summed E-state index contributed by atoms with van der Waals surface area (Å²) in [4.78, 5) is 29.9. The van der Waals surface area contributed by atoms with Crippen molar-refractivity contribution in [2.45, 2.75) is 16.9 Å². The van der Waals surface area contributed by atoms with Crippen molar-refractivity contribution in [2.24, 2.45) is 0 Å². The molecule has 0 saturated carbocycles. The van der Waals surface area contributed by atoms with Gasteiger partial charge in [-0.2, -0.15) is 0 Å². The van der Waals surface area contributed by atoms with Gasteiger partial charge < -0.3 is 19.7 Å². The molecule has 0 aromatic heterocycles. The average Bonchev–Trinajstić information content (AvgIpc) is 2.86. The summed E-state index contributed by atoms with van der Waals surface area (Å²) in [5, 5.41) is 2.90. The van der Waals surface area contributed by atoms with Crippen LogP contribution in [0.25, 0.3) is 0 Å². The van der Waals surface area contributed by atoms with Crippen LogP contribution in [0.2, 0.25) is 5.02 Å². The lowest BCUT2D eigenvalue weighted by Gasteiger charge is -2.40. The molecule has 1 aliphatic rings. The Bertz CT molecular complexity index is 1290. The Morgan fingerprint density at radius 3 is 2.31 bits per heavy atom. The summed E-state index contributed by atoms with van der Waals surface area (Å²) < 4.78 is 24.4. The van der Waals surface area contributed by atoms with E-state index < -0.39 is 23.7 Å². The lowest BCUT2D eigenvalue weighted by atomic mass is 9.79. The number of amides is 2. The van der Waals surface area contributed by atoms with E-state index >= 15 is 0 Å². The maximum atomic E-state index is 13.8. The lowest BCUT2D eigenvalue weighted by Crippen LogP contribution is -2.44. The second-order valence-corrected chi connectivity index (χ2v) is 9.31. The van der Waals surface area contributed by atoms with Crippen molar-refractivity contribution in [2.75, 3.05) is 32.8 Å². The predicted octanol–water partition coefficient (Wildman–Crippen LogP) is 5.77. The highest BCUT2D eigenvalue weighted by Crippen LogP contribution is 2.46.